The third kappa shape index (κ3) is 6.24. The average molecular weight is 387 g/mol. The lowest BCUT2D eigenvalue weighted by atomic mass is 10.2. The number of nitrogens with zero attached hydrogens (tertiary/aromatic N) is 2. The highest BCUT2D eigenvalue weighted by Crippen LogP contribution is 2.19. The van der Waals surface area contributed by atoms with E-state index < -0.39 is 0 Å². The van der Waals surface area contributed by atoms with E-state index in [9.17, 15) is 4.79 Å². The fraction of sp³-hybridized carbons (Fsp3) is 0.381. The number of anilines is 2. The summed E-state index contributed by atoms with van der Waals surface area (Å²) in [6.45, 7) is 5.62. The standard InChI is InChI=1S/C21H27ClN4O/c1-25-12-14-26(15-13-25)20-8-6-19(7-9-20)24-21(27)10-11-23-16-17-2-4-18(22)5-3-17/h2-9,23H,10-16H2,1H3,(H,24,27). The molecule has 144 valence electrons. The van der Waals surface area contributed by atoms with Crippen molar-refractivity contribution in [3.63, 3.8) is 0 Å². The Bertz CT molecular complexity index is 725. The number of amides is 1. The van der Waals surface area contributed by atoms with Gasteiger partial charge in [0, 0.05) is 62.1 Å². The quantitative estimate of drug-likeness (QED) is 0.717. The summed E-state index contributed by atoms with van der Waals surface area (Å²) in [7, 11) is 2.15. The molecule has 1 saturated heterocycles. The van der Waals surface area contributed by atoms with Crippen molar-refractivity contribution in [2.75, 3.05) is 50.0 Å². The van der Waals surface area contributed by atoms with E-state index in [1.807, 2.05) is 36.4 Å². The number of hydrogen-bond acceptors (Lipinski definition) is 4. The van der Waals surface area contributed by atoms with Gasteiger partial charge >= 0.3 is 0 Å². The molecule has 3 rings (SSSR count). The molecule has 1 aliphatic heterocycles. The predicted octanol–water partition coefficient (Wildman–Crippen LogP) is 3.21. The van der Waals surface area contributed by atoms with Crippen LogP contribution in [0.3, 0.4) is 0 Å². The van der Waals surface area contributed by atoms with Gasteiger partial charge in [-0.3, -0.25) is 4.79 Å². The van der Waals surface area contributed by atoms with Crippen LogP contribution in [0.2, 0.25) is 5.02 Å². The predicted molar refractivity (Wildman–Crippen MR) is 113 cm³/mol. The molecule has 2 N–H and O–H groups in total. The van der Waals surface area contributed by atoms with Crippen LogP contribution in [0, 0.1) is 0 Å². The van der Waals surface area contributed by atoms with E-state index in [0.717, 1.165) is 49.0 Å². The molecule has 1 amide bonds. The molecule has 0 aliphatic carbocycles. The summed E-state index contributed by atoms with van der Waals surface area (Å²) < 4.78 is 0. The van der Waals surface area contributed by atoms with E-state index in [2.05, 4.69) is 39.6 Å². The van der Waals surface area contributed by atoms with E-state index in [0.29, 0.717) is 13.0 Å². The second-order valence-electron chi connectivity index (χ2n) is 6.94. The van der Waals surface area contributed by atoms with Crippen LogP contribution >= 0.6 is 11.6 Å². The lowest BCUT2D eigenvalue weighted by Gasteiger charge is -2.34. The van der Waals surface area contributed by atoms with Crippen molar-refractivity contribution in [2.24, 2.45) is 0 Å². The third-order valence-electron chi connectivity index (χ3n) is 4.79. The molecule has 5 nitrogen and oxygen atoms in total. The highest BCUT2D eigenvalue weighted by atomic mass is 35.5. The molecule has 2 aromatic carbocycles. The van der Waals surface area contributed by atoms with Gasteiger partial charge in [0.15, 0.2) is 0 Å². The van der Waals surface area contributed by atoms with Crippen molar-refractivity contribution < 1.29 is 4.79 Å². The van der Waals surface area contributed by atoms with Crippen molar-refractivity contribution in [3.8, 4) is 0 Å². The first-order valence-electron chi connectivity index (χ1n) is 9.39. The highest BCUT2D eigenvalue weighted by molar-refractivity contribution is 6.30. The summed E-state index contributed by atoms with van der Waals surface area (Å²) in [6, 6.07) is 15.8. The van der Waals surface area contributed by atoms with Crippen LogP contribution in [0.1, 0.15) is 12.0 Å². The van der Waals surface area contributed by atoms with Gasteiger partial charge in [0.2, 0.25) is 5.91 Å². The summed E-state index contributed by atoms with van der Waals surface area (Å²) in [4.78, 5) is 16.8. The lowest BCUT2D eigenvalue weighted by molar-refractivity contribution is -0.116. The molecule has 0 atom stereocenters. The first-order chi connectivity index (χ1) is 13.1. The van der Waals surface area contributed by atoms with E-state index in [1.165, 1.54) is 5.69 Å². The summed E-state index contributed by atoms with van der Waals surface area (Å²) in [5.74, 6) is 0.0194. The molecule has 0 bridgehead atoms. The Kier molecular flexibility index (Phi) is 7.10. The number of rotatable bonds is 7. The van der Waals surface area contributed by atoms with Crippen LogP contribution in [0.15, 0.2) is 48.5 Å². The first-order valence-corrected chi connectivity index (χ1v) is 9.76. The number of carbonyl (C=O) groups is 1. The van der Waals surface area contributed by atoms with Gasteiger partial charge in [-0.2, -0.15) is 0 Å². The van der Waals surface area contributed by atoms with Crippen LogP contribution in [0.4, 0.5) is 11.4 Å². The molecule has 1 heterocycles. The minimum Gasteiger partial charge on any atom is -0.369 e. The Balaban J connectivity index is 1.38. The SMILES string of the molecule is CN1CCN(c2ccc(NC(=O)CCNCc3ccc(Cl)cc3)cc2)CC1. The zero-order chi connectivity index (χ0) is 19.1. The van der Waals surface area contributed by atoms with Crippen LogP contribution in [0.5, 0.6) is 0 Å². The number of piperazine rings is 1. The number of nitrogens with one attached hydrogen (secondary N) is 2. The third-order valence-corrected chi connectivity index (χ3v) is 5.04. The molecule has 27 heavy (non-hydrogen) atoms. The molecule has 0 unspecified atom stereocenters. The molecule has 1 aliphatic rings. The Hall–Kier alpha value is -2.08. The molecule has 0 spiro atoms. The smallest absolute Gasteiger partial charge is 0.225 e. The van der Waals surface area contributed by atoms with Crippen molar-refractivity contribution in [2.45, 2.75) is 13.0 Å². The molecule has 6 heteroatoms. The van der Waals surface area contributed by atoms with Gasteiger partial charge in [0.1, 0.15) is 0 Å². The number of halogens is 1. The van der Waals surface area contributed by atoms with Crippen molar-refractivity contribution >= 4 is 28.9 Å². The summed E-state index contributed by atoms with van der Waals surface area (Å²) >= 11 is 5.87. The van der Waals surface area contributed by atoms with Gasteiger partial charge in [-0.05, 0) is 49.0 Å². The summed E-state index contributed by atoms with van der Waals surface area (Å²) in [6.07, 6.45) is 0.438. The van der Waals surface area contributed by atoms with Gasteiger partial charge in [-0.25, -0.2) is 0 Å². The molecule has 0 aromatic heterocycles. The van der Waals surface area contributed by atoms with Gasteiger partial charge in [0.25, 0.3) is 0 Å². The Morgan fingerprint density at radius 3 is 2.33 bits per heavy atom. The maximum Gasteiger partial charge on any atom is 0.225 e. The van der Waals surface area contributed by atoms with Crippen LogP contribution in [-0.2, 0) is 11.3 Å². The number of benzene rings is 2. The second-order valence-corrected chi connectivity index (χ2v) is 7.38. The monoisotopic (exact) mass is 386 g/mol. The zero-order valence-corrected chi connectivity index (χ0v) is 16.5. The van der Waals surface area contributed by atoms with Crippen LogP contribution < -0.4 is 15.5 Å². The van der Waals surface area contributed by atoms with Crippen molar-refractivity contribution in [3.05, 3.63) is 59.1 Å². The number of likely N-dealkylation sites (N-methyl/N-ethyl adjacent to an activating group) is 1. The fourth-order valence-electron chi connectivity index (χ4n) is 3.08. The van der Waals surface area contributed by atoms with Gasteiger partial charge < -0.3 is 20.4 Å². The minimum atomic E-state index is 0.0194. The van der Waals surface area contributed by atoms with E-state index in [1.54, 1.807) is 0 Å². The minimum absolute atomic E-state index is 0.0194. The zero-order valence-electron chi connectivity index (χ0n) is 15.7. The molecular formula is C21H27ClN4O. The Morgan fingerprint density at radius 2 is 1.67 bits per heavy atom. The van der Waals surface area contributed by atoms with Crippen molar-refractivity contribution in [1.82, 2.24) is 10.2 Å². The van der Waals surface area contributed by atoms with E-state index in [-0.39, 0.29) is 5.91 Å². The molecular weight excluding hydrogens is 360 g/mol. The molecule has 0 radical (unpaired) electrons. The van der Waals surface area contributed by atoms with Crippen molar-refractivity contribution in [1.29, 1.82) is 0 Å². The maximum absolute atomic E-state index is 12.1. The lowest BCUT2D eigenvalue weighted by Crippen LogP contribution is -2.44. The first kappa shape index (κ1) is 19.7. The molecule has 2 aromatic rings. The van der Waals surface area contributed by atoms with Crippen LogP contribution in [-0.4, -0.2) is 50.6 Å². The fourth-order valence-corrected chi connectivity index (χ4v) is 3.21. The molecule has 0 saturated carbocycles. The maximum atomic E-state index is 12.1. The Morgan fingerprint density at radius 1 is 1.00 bits per heavy atom. The normalized spacial score (nSPS) is 15.0. The molecule has 1 fully saturated rings. The number of carbonyl (C=O) groups excluding carboxylic acids is 1. The average Bonchev–Trinajstić information content (AvgIpc) is 2.68. The van der Waals surface area contributed by atoms with E-state index in [4.69, 9.17) is 11.6 Å². The summed E-state index contributed by atoms with van der Waals surface area (Å²) in [5, 5.41) is 6.97. The van der Waals surface area contributed by atoms with Gasteiger partial charge in [-0.1, -0.05) is 23.7 Å². The van der Waals surface area contributed by atoms with E-state index >= 15 is 0 Å². The second kappa shape index (κ2) is 9.74. The largest absolute Gasteiger partial charge is 0.369 e. The van der Waals surface area contributed by atoms with Crippen LogP contribution in [0.25, 0.3) is 0 Å². The Labute approximate surface area is 166 Å². The van der Waals surface area contributed by atoms with Gasteiger partial charge in [-0.15, -0.1) is 0 Å². The van der Waals surface area contributed by atoms with Gasteiger partial charge in [0.05, 0.1) is 0 Å². The topological polar surface area (TPSA) is 47.6 Å². The number of hydrogen-bond donors (Lipinski definition) is 2. The highest BCUT2D eigenvalue weighted by Gasteiger charge is 2.14. The summed E-state index contributed by atoms with van der Waals surface area (Å²) in [5.41, 5.74) is 3.21.